The predicted octanol–water partition coefficient (Wildman–Crippen LogP) is 2.90. The lowest BCUT2D eigenvalue weighted by molar-refractivity contribution is -0.118. The number of amides is 2. The lowest BCUT2D eigenvalue weighted by Gasteiger charge is -2.23. The summed E-state index contributed by atoms with van der Waals surface area (Å²) in [4.78, 5) is 36.7. The van der Waals surface area contributed by atoms with Gasteiger partial charge in [0.05, 0.1) is 24.0 Å². The molecule has 0 bridgehead atoms. The van der Waals surface area contributed by atoms with Gasteiger partial charge in [0.1, 0.15) is 5.71 Å². The summed E-state index contributed by atoms with van der Waals surface area (Å²) in [6.07, 6.45) is 0.409. The fourth-order valence-corrected chi connectivity index (χ4v) is 2.75. The molecular weight excluding hydrogens is 346 g/mol. The maximum atomic E-state index is 12.6. The highest BCUT2D eigenvalue weighted by atomic mass is 16.5. The zero-order valence-electron chi connectivity index (χ0n) is 15.1. The Balaban J connectivity index is 1.86. The van der Waals surface area contributed by atoms with Crippen molar-refractivity contribution >= 4 is 34.9 Å². The second kappa shape index (κ2) is 7.82. The first-order valence-corrected chi connectivity index (χ1v) is 8.45. The van der Waals surface area contributed by atoms with E-state index in [-0.39, 0.29) is 30.0 Å². The topological polar surface area (TPSA) is 88.1 Å². The summed E-state index contributed by atoms with van der Waals surface area (Å²) in [7, 11) is 1.28. The average molecular weight is 365 g/mol. The quantitative estimate of drug-likeness (QED) is 0.844. The molecule has 0 saturated heterocycles. The minimum atomic E-state index is -0.548. The Morgan fingerprint density at radius 1 is 1.11 bits per heavy atom. The van der Waals surface area contributed by atoms with E-state index in [1.165, 1.54) is 12.1 Å². The van der Waals surface area contributed by atoms with E-state index in [0.29, 0.717) is 11.4 Å². The molecule has 27 heavy (non-hydrogen) atoms. The number of anilines is 2. The number of hydrazone groups is 1. The van der Waals surface area contributed by atoms with E-state index in [0.717, 1.165) is 5.56 Å². The van der Waals surface area contributed by atoms with Gasteiger partial charge in [0.15, 0.2) is 0 Å². The number of methoxy groups -OCH3 is 1. The van der Waals surface area contributed by atoms with Gasteiger partial charge in [-0.2, -0.15) is 5.10 Å². The van der Waals surface area contributed by atoms with Crippen molar-refractivity contribution < 1.29 is 19.1 Å². The minimum Gasteiger partial charge on any atom is -0.465 e. The highest BCUT2D eigenvalue weighted by molar-refractivity contribution is 6.44. The summed E-state index contributed by atoms with van der Waals surface area (Å²) in [6, 6.07) is 13.9. The number of nitrogens with zero attached hydrogens (tertiary/aromatic N) is 2. The van der Waals surface area contributed by atoms with E-state index < -0.39 is 11.9 Å². The number of hydrogen-bond acceptors (Lipinski definition) is 5. The molecular formula is C20H19N3O4. The Morgan fingerprint density at radius 3 is 2.63 bits per heavy atom. The van der Waals surface area contributed by atoms with Gasteiger partial charge in [-0.1, -0.05) is 24.3 Å². The Kier molecular flexibility index (Phi) is 5.30. The molecule has 3 rings (SSSR count). The molecule has 0 saturated carbocycles. The molecule has 7 heteroatoms. The Labute approximate surface area is 156 Å². The molecule has 1 aliphatic rings. The van der Waals surface area contributed by atoms with E-state index in [1.54, 1.807) is 30.3 Å². The number of nitrogens with one attached hydrogen (secondary N) is 1. The van der Waals surface area contributed by atoms with Crippen LogP contribution in [-0.2, 0) is 14.3 Å². The SMILES string of the molecule is COC(=O)c1ccccc1NC(=O)C1=NN(c2cccc(C)c2)C(=O)CC1. The molecule has 2 amide bonds. The van der Waals surface area contributed by atoms with Crippen LogP contribution in [0.25, 0.3) is 0 Å². The maximum Gasteiger partial charge on any atom is 0.339 e. The number of carbonyl (C=O) groups is 3. The normalized spacial score (nSPS) is 13.8. The standard InChI is InChI=1S/C20H19N3O4/c1-13-6-5-7-14(12-13)23-18(24)11-10-17(22-23)19(25)21-16-9-4-3-8-15(16)20(26)27-2/h3-9,12H,10-11H2,1-2H3,(H,21,25). The fourth-order valence-electron chi connectivity index (χ4n) is 2.75. The van der Waals surface area contributed by atoms with Crippen molar-refractivity contribution in [1.29, 1.82) is 0 Å². The number of carbonyl (C=O) groups excluding carboxylic acids is 3. The van der Waals surface area contributed by atoms with Crippen LogP contribution in [0.5, 0.6) is 0 Å². The van der Waals surface area contributed by atoms with Crippen LogP contribution in [0.2, 0.25) is 0 Å². The molecule has 0 radical (unpaired) electrons. The van der Waals surface area contributed by atoms with Crippen LogP contribution >= 0.6 is 0 Å². The summed E-state index contributed by atoms with van der Waals surface area (Å²) < 4.78 is 4.73. The largest absolute Gasteiger partial charge is 0.465 e. The van der Waals surface area contributed by atoms with E-state index >= 15 is 0 Å². The lowest BCUT2D eigenvalue weighted by atomic mass is 10.1. The van der Waals surface area contributed by atoms with Gasteiger partial charge < -0.3 is 10.1 Å². The molecule has 138 valence electrons. The van der Waals surface area contributed by atoms with Gasteiger partial charge in [0, 0.05) is 12.8 Å². The van der Waals surface area contributed by atoms with Crippen molar-refractivity contribution in [2.45, 2.75) is 19.8 Å². The number of hydrogen-bond donors (Lipinski definition) is 1. The van der Waals surface area contributed by atoms with Crippen molar-refractivity contribution in [3.05, 3.63) is 59.7 Å². The Morgan fingerprint density at radius 2 is 1.89 bits per heavy atom. The lowest BCUT2D eigenvalue weighted by Crippen LogP contribution is -2.36. The molecule has 0 aromatic heterocycles. The number of rotatable bonds is 4. The van der Waals surface area contributed by atoms with Gasteiger partial charge in [-0.25, -0.2) is 9.80 Å². The summed E-state index contributed by atoms with van der Waals surface area (Å²) in [5.74, 6) is -1.18. The first-order chi connectivity index (χ1) is 13.0. The van der Waals surface area contributed by atoms with Gasteiger partial charge >= 0.3 is 5.97 Å². The van der Waals surface area contributed by atoms with Crippen LogP contribution in [0, 0.1) is 6.92 Å². The third-order valence-electron chi connectivity index (χ3n) is 4.12. The summed E-state index contributed by atoms with van der Waals surface area (Å²) >= 11 is 0. The van der Waals surface area contributed by atoms with Crippen LogP contribution < -0.4 is 10.3 Å². The molecule has 1 heterocycles. The van der Waals surface area contributed by atoms with E-state index in [1.807, 2.05) is 25.1 Å². The first-order valence-electron chi connectivity index (χ1n) is 8.45. The van der Waals surface area contributed by atoms with Crippen LogP contribution in [-0.4, -0.2) is 30.6 Å². The van der Waals surface area contributed by atoms with Gasteiger partial charge in [0.2, 0.25) is 5.91 Å². The van der Waals surface area contributed by atoms with E-state index in [4.69, 9.17) is 4.74 Å². The van der Waals surface area contributed by atoms with Crippen LogP contribution in [0.4, 0.5) is 11.4 Å². The minimum absolute atomic E-state index is 0.174. The molecule has 0 aliphatic carbocycles. The second-order valence-electron chi connectivity index (χ2n) is 6.08. The molecule has 7 nitrogen and oxygen atoms in total. The number of ether oxygens (including phenoxy) is 1. The molecule has 0 atom stereocenters. The second-order valence-corrected chi connectivity index (χ2v) is 6.08. The summed E-state index contributed by atoms with van der Waals surface area (Å²) in [6.45, 7) is 1.92. The third kappa shape index (κ3) is 4.03. The molecule has 2 aromatic rings. The van der Waals surface area contributed by atoms with E-state index in [2.05, 4.69) is 10.4 Å². The van der Waals surface area contributed by atoms with Gasteiger partial charge in [-0.05, 0) is 36.8 Å². The molecule has 0 unspecified atom stereocenters. The molecule has 0 fully saturated rings. The Bertz CT molecular complexity index is 936. The van der Waals surface area contributed by atoms with Crippen LogP contribution in [0.3, 0.4) is 0 Å². The summed E-state index contributed by atoms with van der Waals surface area (Å²) in [5.41, 5.74) is 2.39. The monoisotopic (exact) mass is 365 g/mol. The van der Waals surface area contributed by atoms with Gasteiger partial charge in [0.25, 0.3) is 5.91 Å². The fraction of sp³-hybridized carbons (Fsp3) is 0.200. The molecule has 1 aliphatic heterocycles. The van der Waals surface area contributed by atoms with Crippen molar-refractivity contribution in [2.75, 3.05) is 17.4 Å². The predicted molar refractivity (Wildman–Crippen MR) is 102 cm³/mol. The van der Waals surface area contributed by atoms with Crippen LogP contribution in [0.15, 0.2) is 53.6 Å². The van der Waals surface area contributed by atoms with Crippen LogP contribution in [0.1, 0.15) is 28.8 Å². The highest BCUT2D eigenvalue weighted by Gasteiger charge is 2.26. The maximum absolute atomic E-state index is 12.6. The van der Waals surface area contributed by atoms with E-state index in [9.17, 15) is 14.4 Å². The van der Waals surface area contributed by atoms with Gasteiger partial charge in [-0.15, -0.1) is 0 Å². The average Bonchev–Trinajstić information content (AvgIpc) is 2.68. The third-order valence-corrected chi connectivity index (χ3v) is 4.12. The Hall–Kier alpha value is -3.48. The smallest absolute Gasteiger partial charge is 0.339 e. The molecule has 1 N–H and O–H groups in total. The van der Waals surface area contributed by atoms with Crippen molar-refractivity contribution in [1.82, 2.24) is 0 Å². The highest BCUT2D eigenvalue weighted by Crippen LogP contribution is 2.22. The van der Waals surface area contributed by atoms with Crippen molar-refractivity contribution in [3.63, 3.8) is 0 Å². The summed E-state index contributed by atoms with van der Waals surface area (Å²) in [5, 5.41) is 8.17. The molecule has 2 aromatic carbocycles. The zero-order valence-corrected chi connectivity index (χ0v) is 15.1. The first kappa shape index (κ1) is 18.3. The molecule has 0 spiro atoms. The number of benzene rings is 2. The van der Waals surface area contributed by atoms with Crippen molar-refractivity contribution in [2.24, 2.45) is 5.10 Å². The number of para-hydroxylation sites is 1. The zero-order chi connectivity index (χ0) is 19.4. The number of aryl methyl sites for hydroxylation is 1. The van der Waals surface area contributed by atoms with Crippen molar-refractivity contribution in [3.8, 4) is 0 Å². The number of esters is 1. The van der Waals surface area contributed by atoms with Gasteiger partial charge in [-0.3, -0.25) is 9.59 Å².